The van der Waals surface area contributed by atoms with Gasteiger partial charge in [-0.1, -0.05) is 13.8 Å². The molecular formula is C12H24N2O3S. The minimum atomic E-state index is -3.18. The van der Waals surface area contributed by atoms with E-state index in [0.717, 1.165) is 12.8 Å². The Morgan fingerprint density at radius 1 is 1.33 bits per heavy atom. The minimum absolute atomic E-state index is 0.0236. The molecular weight excluding hydrogens is 252 g/mol. The summed E-state index contributed by atoms with van der Waals surface area (Å²) in [5.41, 5.74) is 0. The van der Waals surface area contributed by atoms with Crippen molar-refractivity contribution in [1.29, 1.82) is 0 Å². The Morgan fingerprint density at radius 3 is 2.44 bits per heavy atom. The van der Waals surface area contributed by atoms with Crippen molar-refractivity contribution >= 4 is 15.9 Å². The number of amides is 1. The highest BCUT2D eigenvalue weighted by Gasteiger charge is 2.30. The molecule has 0 aromatic heterocycles. The smallest absolute Gasteiger partial charge is 0.224 e. The summed E-state index contributed by atoms with van der Waals surface area (Å²) >= 11 is 0. The van der Waals surface area contributed by atoms with Crippen molar-refractivity contribution in [2.75, 3.05) is 19.3 Å². The van der Waals surface area contributed by atoms with E-state index in [1.807, 2.05) is 6.92 Å². The average molecular weight is 276 g/mol. The molecule has 106 valence electrons. The highest BCUT2D eigenvalue weighted by molar-refractivity contribution is 7.88. The van der Waals surface area contributed by atoms with E-state index in [4.69, 9.17) is 0 Å². The van der Waals surface area contributed by atoms with Crippen molar-refractivity contribution in [1.82, 2.24) is 9.62 Å². The second kappa shape index (κ2) is 6.02. The van der Waals surface area contributed by atoms with Crippen LogP contribution in [0.4, 0.5) is 0 Å². The molecule has 1 aliphatic heterocycles. The molecule has 0 bridgehead atoms. The van der Waals surface area contributed by atoms with E-state index < -0.39 is 10.0 Å². The van der Waals surface area contributed by atoms with Crippen LogP contribution in [0.2, 0.25) is 0 Å². The van der Waals surface area contributed by atoms with Gasteiger partial charge >= 0.3 is 0 Å². The largest absolute Gasteiger partial charge is 0.353 e. The third-order valence-corrected chi connectivity index (χ3v) is 4.86. The second-order valence-corrected chi connectivity index (χ2v) is 7.48. The lowest BCUT2D eigenvalue weighted by molar-refractivity contribution is -0.127. The van der Waals surface area contributed by atoms with Gasteiger partial charge in [0.15, 0.2) is 0 Å². The number of piperidine rings is 1. The quantitative estimate of drug-likeness (QED) is 0.826. The average Bonchev–Trinajstić information content (AvgIpc) is 2.27. The Balaban J connectivity index is 2.59. The first-order chi connectivity index (χ1) is 8.21. The number of sulfonamides is 1. The monoisotopic (exact) mass is 276 g/mol. The van der Waals surface area contributed by atoms with E-state index in [0.29, 0.717) is 19.0 Å². The molecule has 1 aliphatic rings. The van der Waals surface area contributed by atoms with Gasteiger partial charge in [0.1, 0.15) is 0 Å². The predicted molar refractivity (Wildman–Crippen MR) is 71.6 cm³/mol. The lowest BCUT2D eigenvalue weighted by Crippen LogP contribution is -2.47. The fourth-order valence-electron chi connectivity index (χ4n) is 1.97. The Kier molecular flexibility index (Phi) is 5.16. The normalized spacial score (nSPS) is 23.9. The van der Waals surface area contributed by atoms with Crippen molar-refractivity contribution in [2.45, 2.75) is 39.7 Å². The zero-order valence-electron chi connectivity index (χ0n) is 11.6. The maximum absolute atomic E-state index is 12.1. The van der Waals surface area contributed by atoms with Gasteiger partial charge < -0.3 is 5.32 Å². The Hall–Kier alpha value is -0.620. The highest BCUT2D eigenvalue weighted by Crippen LogP contribution is 2.19. The fourth-order valence-corrected chi connectivity index (χ4v) is 2.88. The van der Waals surface area contributed by atoms with Crippen LogP contribution in [0.25, 0.3) is 0 Å². The van der Waals surface area contributed by atoms with Crippen LogP contribution in [0.1, 0.15) is 33.6 Å². The first kappa shape index (κ1) is 15.4. The summed E-state index contributed by atoms with van der Waals surface area (Å²) in [6, 6.07) is 0.117. The number of nitrogens with zero attached hydrogens (tertiary/aromatic N) is 1. The first-order valence-corrected chi connectivity index (χ1v) is 8.32. The van der Waals surface area contributed by atoms with Crippen LogP contribution < -0.4 is 5.32 Å². The second-order valence-electron chi connectivity index (χ2n) is 5.50. The zero-order valence-corrected chi connectivity index (χ0v) is 12.5. The van der Waals surface area contributed by atoms with Gasteiger partial charge in [-0.05, 0) is 25.7 Å². The topological polar surface area (TPSA) is 66.5 Å². The van der Waals surface area contributed by atoms with Crippen molar-refractivity contribution < 1.29 is 13.2 Å². The number of carbonyl (C=O) groups is 1. The molecule has 0 aromatic carbocycles. The summed E-state index contributed by atoms with van der Waals surface area (Å²) < 4.78 is 24.4. The van der Waals surface area contributed by atoms with Crippen LogP contribution in [-0.4, -0.2) is 44.0 Å². The predicted octanol–water partition coefficient (Wildman–Crippen LogP) is 0.819. The van der Waals surface area contributed by atoms with Gasteiger partial charge in [-0.25, -0.2) is 12.7 Å². The van der Waals surface area contributed by atoms with Crippen molar-refractivity contribution in [3.8, 4) is 0 Å². The van der Waals surface area contributed by atoms with Crippen LogP contribution in [0, 0.1) is 11.8 Å². The third-order valence-electron chi connectivity index (χ3n) is 3.59. The van der Waals surface area contributed by atoms with Crippen LogP contribution in [0.5, 0.6) is 0 Å². The summed E-state index contributed by atoms with van der Waals surface area (Å²) in [4.78, 5) is 12.1. The molecule has 18 heavy (non-hydrogen) atoms. The molecule has 1 fully saturated rings. The minimum Gasteiger partial charge on any atom is -0.353 e. The maximum atomic E-state index is 12.1. The molecule has 1 rings (SSSR count). The molecule has 1 saturated heterocycles. The van der Waals surface area contributed by atoms with Gasteiger partial charge in [-0.15, -0.1) is 0 Å². The fraction of sp³-hybridized carbons (Fsp3) is 0.917. The molecule has 0 saturated carbocycles. The van der Waals surface area contributed by atoms with E-state index in [-0.39, 0.29) is 17.9 Å². The number of hydrogen-bond donors (Lipinski definition) is 1. The summed E-state index contributed by atoms with van der Waals surface area (Å²) in [5, 5.41) is 2.96. The first-order valence-electron chi connectivity index (χ1n) is 6.47. The molecule has 5 nitrogen and oxygen atoms in total. The van der Waals surface area contributed by atoms with Gasteiger partial charge in [0.2, 0.25) is 15.9 Å². The molecule has 0 unspecified atom stereocenters. The molecule has 6 heteroatoms. The van der Waals surface area contributed by atoms with Crippen LogP contribution in [-0.2, 0) is 14.8 Å². The van der Waals surface area contributed by atoms with Gasteiger partial charge in [0.05, 0.1) is 12.2 Å². The van der Waals surface area contributed by atoms with Crippen LogP contribution >= 0.6 is 0 Å². The molecule has 2 atom stereocenters. The van der Waals surface area contributed by atoms with Gasteiger partial charge in [-0.2, -0.15) is 0 Å². The van der Waals surface area contributed by atoms with E-state index in [2.05, 4.69) is 19.2 Å². The number of rotatable bonds is 4. The molecule has 1 N–H and O–H groups in total. The number of hydrogen-bond acceptors (Lipinski definition) is 3. The van der Waals surface area contributed by atoms with E-state index >= 15 is 0 Å². The Bertz CT molecular complexity index is 392. The van der Waals surface area contributed by atoms with Crippen LogP contribution in [0.3, 0.4) is 0 Å². The summed E-state index contributed by atoms with van der Waals surface area (Å²) in [6.07, 6.45) is 2.72. The summed E-state index contributed by atoms with van der Waals surface area (Å²) in [7, 11) is -3.18. The lowest BCUT2D eigenvalue weighted by Gasteiger charge is -2.31. The van der Waals surface area contributed by atoms with Crippen molar-refractivity contribution in [3.63, 3.8) is 0 Å². The molecule has 1 heterocycles. The molecule has 0 aliphatic carbocycles. The molecule has 1 amide bonds. The van der Waals surface area contributed by atoms with E-state index in [9.17, 15) is 13.2 Å². The third kappa shape index (κ3) is 4.24. The number of carbonyl (C=O) groups excluding carboxylic acids is 1. The van der Waals surface area contributed by atoms with Crippen molar-refractivity contribution in [2.24, 2.45) is 11.8 Å². The summed E-state index contributed by atoms with van der Waals surface area (Å²) in [6.45, 7) is 6.92. The molecule has 0 spiro atoms. The highest BCUT2D eigenvalue weighted by atomic mass is 32.2. The SMILES string of the molecule is CC(C)[C@H](C)NC(=O)[C@H]1CCCN(S(C)(=O)=O)C1. The van der Waals surface area contributed by atoms with Gasteiger partial charge in [0.25, 0.3) is 0 Å². The maximum Gasteiger partial charge on any atom is 0.224 e. The van der Waals surface area contributed by atoms with E-state index in [1.165, 1.54) is 10.6 Å². The summed E-state index contributed by atoms with van der Waals surface area (Å²) in [5.74, 6) is 0.141. The van der Waals surface area contributed by atoms with E-state index in [1.54, 1.807) is 0 Å². The number of nitrogens with one attached hydrogen (secondary N) is 1. The van der Waals surface area contributed by atoms with Gasteiger partial charge in [0, 0.05) is 19.1 Å². The molecule has 0 radical (unpaired) electrons. The lowest BCUT2D eigenvalue weighted by atomic mass is 9.97. The Morgan fingerprint density at radius 2 is 1.94 bits per heavy atom. The standard InChI is InChI=1S/C12H24N2O3S/c1-9(2)10(3)13-12(15)11-6-5-7-14(8-11)18(4,16)17/h9-11H,5-8H2,1-4H3,(H,13,15)/t10-,11-/m0/s1. The van der Waals surface area contributed by atoms with Crippen molar-refractivity contribution in [3.05, 3.63) is 0 Å². The molecule has 0 aromatic rings. The van der Waals surface area contributed by atoms with Gasteiger partial charge in [-0.3, -0.25) is 4.79 Å². The zero-order chi connectivity index (χ0) is 13.9. The van der Waals surface area contributed by atoms with Crippen LogP contribution in [0.15, 0.2) is 0 Å². The Labute approximate surface area is 110 Å².